The van der Waals surface area contributed by atoms with Crippen molar-refractivity contribution >= 4 is 17.4 Å². The van der Waals surface area contributed by atoms with Crippen LogP contribution in [0.1, 0.15) is 22.7 Å². The Morgan fingerprint density at radius 3 is 2.56 bits per heavy atom. The Kier molecular flexibility index (Phi) is 5.14. The van der Waals surface area contributed by atoms with Gasteiger partial charge in [-0.1, -0.05) is 0 Å². The monoisotopic (exact) mass is 488 g/mol. The highest BCUT2D eigenvalue weighted by Gasteiger charge is 2.47. The second-order valence-corrected chi connectivity index (χ2v) is 8.31. The van der Waals surface area contributed by atoms with Gasteiger partial charge in [0.25, 0.3) is 11.7 Å². The number of hydrogen-bond donors (Lipinski definition) is 1. The van der Waals surface area contributed by atoms with Crippen molar-refractivity contribution in [2.75, 3.05) is 20.7 Å². The molecule has 1 fully saturated rings. The molecule has 10 heteroatoms. The molecule has 6 rings (SSSR count). The summed E-state index contributed by atoms with van der Waals surface area (Å²) in [5.74, 6) is 0.331. The largest absolute Gasteiger partial charge is 0.507 e. The first kappa shape index (κ1) is 21.8. The molecular weight excluding hydrogens is 468 g/mol. The van der Waals surface area contributed by atoms with Crippen molar-refractivity contribution in [3.8, 4) is 28.7 Å². The molecular formula is C26H20N2O8. The van der Waals surface area contributed by atoms with E-state index in [4.69, 9.17) is 23.7 Å². The van der Waals surface area contributed by atoms with Crippen molar-refractivity contribution in [3.63, 3.8) is 0 Å². The van der Waals surface area contributed by atoms with Crippen molar-refractivity contribution in [3.05, 3.63) is 77.1 Å². The molecule has 0 unspecified atom stereocenters. The highest BCUT2D eigenvalue weighted by Crippen LogP contribution is 2.48. The van der Waals surface area contributed by atoms with Crippen LogP contribution in [0.3, 0.4) is 0 Å². The zero-order chi connectivity index (χ0) is 24.8. The maximum absolute atomic E-state index is 13.4. The minimum Gasteiger partial charge on any atom is -0.507 e. The average molecular weight is 488 g/mol. The van der Waals surface area contributed by atoms with Crippen LogP contribution >= 0.6 is 0 Å². The van der Waals surface area contributed by atoms with Crippen LogP contribution in [0.4, 0.5) is 0 Å². The fourth-order valence-electron chi connectivity index (χ4n) is 4.58. The SMILES string of the molecule is COc1cc([C@H]2C(=C(O)c3ccc4c(c3)OCO4)C(=O)C(=O)N2Cc2ccncc2)cc2c1OCO2. The quantitative estimate of drug-likeness (QED) is 0.328. The number of methoxy groups -OCH3 is 1. The first-order valence-corrected chi connectivity index (χ1v) is 11.1. The molecule has 3 aliphatic heterocycles. The summed E-state index contributed by atoms with van der Waals surface area (Å²) in [6.45, 7) is 0.197. The predicted molar refractivity (Wildman–Crippen MR) is 124 cm³/mol. The molecule has 1 N–H and O–H groups in total. The van der Waals surface area contributed by atoms with Crippen LogP contribution in [0, 0.1) is 0 Å². The molecule has 0 bridgehead atoms. The van der Waals surface area contributed by atoms with Crippen LogP contribution in [0.2, 0.25) is 0 Å². The number of aliphatic hydroxyl groups is 1. The highest BCUT2D eigenvalue weighted by molar-refractivity contribution is 6.46. The van der Waals surface area contributed by atoms with Crippen LogP contribution in [0.15, 0.2) is 60.4 Å². The summed E-state index contributed by atoms with van der Waals surface area (Å²) >= 11 is 0. The fraction of sp³-hybridized carbons (Fsp3) is 0.192. The topological polar surface area (TPSA) is 117 Å². The van der Waals surface area contributed by atoms with Crippen LogP contribution < -0.4 is 23.7 Å². The molecule has 1 saturated heterocycles. The number of aliphatic hydroxyl groups excluding tert-OH is 1. The van der Waals surface area contributed by atoms with Crippen molar-refractivity contribution in [2.45, 2.75) is 12.6 Å². The Balaban J connectivity index is 1.52. The van der Waals surface area contributed by atoms with E-state index in [0.29, 0.717) is 39.9 Å². The smallest absolute Gasteiger partial charge is 0.295 e. The molecule has 4 heterocycles. The van der Waals surface area contributed by atoms with Gasteiger partial charge >= 0.3 is 0 Å². The molecule has 36 heavy (non-hydrogen) atoms. The van der Waals surface area contributed by atoms with Gasteiger partial charge in [0.1, 0.15) is 5.76 Å². The maximum atomic E-state index is 13.4. The summed E-state index contributed by atoms with van der Waals surface area (Å²) < 4.78 is 27.3. The summed E-state index contributed by atoms with van der Waals surface area (Å²) in [5, 5.41) is 11.4. The van der Waals surface area contributed by atoms with E-state index in [1.54, 1.807) is 54.9 Å². The Bertz CT molecular complexity index is 1420. The lowest BCUT2D eigenvalue weighted by molar-refractivity contribution is -0.140. The van der Waals surface area contributed by atoms with E-state index in [9.17, 15) is 14.7 Å². The number of fused-ring (bicyclic) bond motifs is 2. The van der Waals surface area contributed by atoms with Gasteiger partial charge in [-0.3, -0.25) is 14.6 Å². The van der Waals surface area contributed by atoms with E-state index in [1.807, 2.05) is 0 Å². The highest BCUT2D eigenvalue weighted by atomic mass is 16.7. The van der Waals surface area contributed by atoms with Gasteiger partial charge in [0.2, 0.25) is 19.3 Å². The van der Waals surface area contributed by atoms with Gasteiger partial charge in [-0.25, -0.2) is 0 Å². The summed E-state index contributed by atoms with van der Waals surface area (Å²) in [6.07, 6.45) is 3.22. The van der Waals surface area contributed by atoms with E-state index >= 15 is 0 Å². The summed E-state index contributed by atoms with van der Waals surface area (Å²) in [6, 6.07) is 10.8. The van der Waals surface area contributed by atoms with Gasteiger partial charge in [0, 0.05) is 24.5 Å². The predicted octanol–water partition coefficient (Wildman–Crippen LogP) is 3.17. The lowest BCUT2D eigenvalue weighted by Gasteiger charge is -2.26. The molecule has 0 aliphatic carbocycles. The summed E-state index contributed by atoms with van der Waals surface area (Å²) in [5.41, 5.74) is 1.55. The van der Waals surface area contributed by atoms with Gasteiger partial charge in [-0.05, 0) is 53.6 Å². The molecule has 10 nitrogen and oxygen atoms in total. The molecule has 0 radical (unpaired) electrons. The molecule has 0 saturated carbocycles. The van der Waals surface area contributed by atoms with Crippen LogP contribution in [-0.2, 0) is 16.1 Å². The Morgan fingerprint density at radius 1 is 1.00 bits per heavy atom. The van der Waals surface area contributed by atoms with E-state index in [0.717, 1.165) is 5.56 Å². The Labute approximate surface area is 205 Å². The number of benzene rings is 2. The number of amides is 1. The number of pyridine rings is 1. The standard InChI is InChI=1S/C26H20N2O8/c1-32-19-9-16(10-20-25(19)36-13-35-20)22-21(23(29)15-2-3-17-18(8-15)34-12-33-17)24(30)26(31)28(22)11-14-4-6-27-7-5-14/h2-10,22,29H,11-13H2,1H3/t22-/m0/s1. The number of likely N-dealkylation sites (tertiary alicyclic amines) is 1. The van der Waals surface area contributed by atoms with Gasteiger partial charge in [0.15, 0.2) is 23.0 Å². The van der Waals surface area contributed by atoms with E-state index < -0.39 is 17.7 Å². The normalized spacial score (nSPS) is 19.1. The zero-order valence-corrected chi connectivity index (χ0v) is 19.1. The lowest BCUT2D eigenvalue weighted by atomic mass is 9.94. The molecule has 1 amide bonds. The van der Waals surface area contributed by atoms with Gasteiger partial charge in [0.05, 0.1) is 18.7 Å². The molecule has 1 aromatic heterocycles. The molecule has 0 spiro atoms. The number of ether oxygens (including phenoxy) is 5. The van der Waals surface area contributed by atoms with E-state index in [1.165, 1.54) is 12.0 Å². The third kappa shape index (κ3) is 3.46. The molecule has 2 aromatic carbocycles. The van der Waals surface area contributed by atoms with Gasteiger partial charge < -0.3 is 33.7 Å². The molecule has 3 aliphatic rings. The van der Waals surface area contributed by atoms with Crippen molar-refractivity contribution in [1.29, 1.82) is 0 Å². The minimum absolute atomic E-state index is 0.0174. The Morgan fingerprint density at radius 2 is 1.75 bits per heavy atom. The third-order valence-corrected chi connectivity index (χ3v) is 6.28. The minimum atomic E-state index is -0.924. The van der Waals surface area contributed by atoms with Crippen molar-refractivity contribution in [2.24, 2.45) is 0 Å². The second kappa shape index (κ2) is 8.49. The number of carbonyl (C=O) groups is 2. The first-order valence-electron chi connectivity index (χ1n) is 11.1. The fourth-order valence-corrected chi connectivity index (χ4v) is 4.58. The molecule has 1 atom stereocenters. The number of Topliss-reactive ketones (excluding diaryl/α,β-unsaturated/α-hetero) is 1. The van der Waals surface area contributed by atoms with Crippen LogP contribution in [-0.4, -0.2) is 47.4 Å². The zero-order valence-electron chi connectivity index (χ0n) is 19.1. The molecule has 3 aromatic rings. The number of rotatable bonds is 5. The van der Waals surface area contributed by atoms with Crippen molar-refractivity contribution < 1.29 is 38.4 Å². The number of nitrogens with zero attached hydrogens (tertiary/aromatic N) is 2. The number of carbonyl (C=O) groups excluding carboxylic acids is 2. The van der Waals surface area contributed by atoms with E-state index in [2.05, 4.69) is 4.98 Å². The summed E-state index contributed by atoms with van der Waals surface area (Å²) in [4.78, 5) is 32.1. The van der Waals surface area contributed by atoms with Crippen molar-refractivity contribution in [1.82, 2.24) is 9.88 Å². The van der Waals surface area contributed by atoms with Gasteiger partial charge in [-0.2, -0.15) is 0 Å². The number of hydrogen-bond acceptors (Lipinski definition) is 9. The number of ketones is 1. The Hall–Kier alpha value is -4.73. The van der Waals surface area contributed by atoms with Gasteiger partial charge in [-0.15, -0.1) is 0 Å². The molecule has 182 valence electrons. The average Bonchev–Trinajstić information content (AvgIpc) is 3.63. The third-order valence-electron chi connectivity index (χ3n) is 6.28. The first-order chi connectivity index (χ1) is 17.5. The summed E-state index contributed by atoms with van der Waals surface area (Å²) in [7, 11) is 1.49. The van der Waals surface area contributed by atoms with Crippen LogP contribution in [0.5, 0.6) is 28.7 Å². The second-order valence-electron chi connectivity index (χ2n) is 8.31. The number of aromatic nitrogens is 1. The maximum Gasteiger partial charge on any atom is 0.295 e. The van der Waals surface area contributed by atoms with Crippen LogP contribution in [0.25, 0.3) is 5.76 Å². The lowest BCUT2D eigenvalue weighted by Crippen LogP contribution is -2.29. The van der Waals surface area contributed by atoms with E-state index in [-0.39, 0.29) is 31.5 Å².